The molecule has 0 saturated heterocycles. The highest BCUT2D eigenvalue weighted by atomic mass is 16.1. The number of nitrogens with one attached hydrogen (secondary N) is 1. The Labute approximate surface area is 166 Å². The average molecular weight is 374 g/mol. The van der Waals surface area contributed by atoms with E-state index < -0.39 is 5.41 Å². The van der Waals surface area contributed by atoms with Gasteiger partial charge in [0, 0.05) is 18.4 Å². The number of hydrogen-bond donors (Lipinski definition) is 2. The fraction of sp³-hybridized carbons (Fsp3) is 0.208. The van der Waals surface area contributed by atoms with Crippen LogP contribution in [0.25, 0.3) is 10.8 Å². The molecule has 28 heavy (non-hydrogen) atoms. The zero-order valence-electron chi connectivity index (χ0n) is 16.6. The number of primary amides is 1. The van der Waals surface area contributed by atoms with Crippen LogP contribution in [0, 0.1) is 5.41 Å². The van der Waals surface area contributed by atoms with Crippen LogP contribution in [-0.4, -0.2) is 17.9 Å². The van der Waals surface area contributed by atoms with Gasteiger partial charge in [0.2, 0.25) is 5.91 Å². The Morgan fingerprint density at radius 2 is 1.64 bits per heavy atom. The summed E-state index contributed by atoms with van der Waals surface area (Å²) in [4.78, 5) is 13.9. The first-order valence-corrected chi connectivity index (χ1v) is 9.33. The number of carbonyl (C=O) groups is 1. The number of nitrogens with zero attached hydrogens (tertiary/aromatic N) is 1. The van der Waals surface area contributed by atoms with Crippen LogP contribution in [0.4, 0.5) is 11.4 Å². The molecule has 1 unspecified atom stereocenters. The van der Waals surface area contributed by atoms with E-state index in [1.807, 2.05) is 62.2 Å². The molecule has 0 bridgehead atoms. The normalized spacial score (nSPS) is 12.4. The first-order valence-electron chi connectivity index (χ1n) is 9.33. The molecule has 3 rings (SSSR count). The molecular formula is C24H27N3O. The Kier molecular flexibility index (Phi) is 5.41. The second-order valence-corrected chi connectivity index (χ2v) is 7.65. The van der Waals surface area contributed by atoms with Crippen LogP contribution in [0.3, 0.4) is 0 Å². The molecule has 0 heterocycles. The highest BCUT2D eigenvalue weighted by Crippen LogP contribution is 2.38. The van der Waals surface area contributed by atoms with Gasteiger partial charge in [-0.05, 0) is 60.6 Å². The van der Waals surface area contributed by atoms with Gasteiger partial charge < -0.3 is 16.0 Å². The first kappa shape index (κ1) is 19.5. The molecule has 0 radical (unpaired) electrons. The molecule has 4 nitrogen and oxygen atoms in total. The van der Waals surface area contributed by atoms with Gasteiger partial charge in [0.05, 0.1) is 11.5 Å². The zero-order chi connectivity index (χ0) is 20.3. The highest BCUT2D eigenvalue weighted by molar-refractivity contribution is 5.86. The standard InChI is InChI=1S/C24H27N3O/c1-5-27(4)22(24(2,3)23(25)28)18-11-13-20(14-12-18)26-21-15-10-17-8-6-7-9-19(17)16-21/h5-16,22,26H,1H2,2-4H3,(H2,25,28). The van der Waals surface area contributed by atoms with Crippen molar-refractivity contribution >= 4 is 28.1 Å². The minimum Gasteiger partial charge on any atom is -0.373 e. The van der Waals surface area contributed by atoms with Crippen LogP contribution in [0.1, 0.15) is 25.5 Å². The Morgan fingerprint density at radius 3 is 2.25 bits per heavy atom. The molecule has 0 spiro atoms. The second kappa shape index (κ2) is 7.77. The van der Waals surface area contributed by atoms with Crippen LogP contribution in [0.5, 0.6) is 0 Å². The molecule has 0 fully saturated rings. The number of hydrogen-bond acceptors (Lipinski definition) is 3. The largest absolute Gasteiger partial charge is 0.373 e. The van der Waals surface area contributed by atoms with Gasteiger partial charge in [0.1, 0.15) is 0 Å². The topological polar surface area (TPSA) is 58.4 Å². The Bertz CT molecular complexity index is 992. The average Bonchev–Trinajstić information content (AvgIpc) is 2.69. The molecule has 4 heteroatoms. The van der Waals surface area contributed by atoms with E-state index >= 15 is 0 Å². The summed E-state index contributed by atoms with van der Waals surface area (Å²) in [5.41, 5.74) is 7.95. The molecule has 0 aliphatic rings. The SMILES string of the molecule is C=CN(C)C(c1ccc(Nc2ccc3ccccc3c2)cc1)C(C)(C)C(N)=O. The van der Waals surface area contributed by atoms with Crippen LogP contribution in [0.2, 0.25) is 0 Å². The van der Waals surface area contributed by atoms with Gasteiger partial charge in [0.25, 0.3) is 0 Å². The van der Waals surface area contributed by atoms with Crippen LogP contribution >= 0.6 is 0 Å². The summed E-state index contributed by atoms with van der Waals surface area (Å²) in [7, 11) is 1.91. The lowest BCUT2D eigenvalue weighted by Crippen LogP contribution is -2.42. The van der Waals surface area contributed by atoms with E-state index in [0.29, 0.717) is 0 Å². The van der Waals surface area contributed by atoms with Crippen molar-refractivity contribution in [1.29, 1.82) is 0 Å². The van der Waals surface area contributed by atoms with Crippen molar-refractivity contribution in [3.05, 3.63) is 85.1 Å². The first-order chi connectivity index (χ1) is 13.3. The molecule has 1 atom stereocenters. The summed E-state index contributed by atoms with van der Waals surface area (Å²) in [5, 5.41) is 5.85. The summed E-state index contributed by atoms with van der Waals surface area (Å²) in [6, 6.07) is 22.5. The van der Waals surface area contributed by atoms with Crippen molar-refractivity contribution in [2.24, 2.45) is 11.1 Å². The smallest absolute Gasteiger partial charge is 0.225 e. The monoisotopic (exact) mass is 373 g/mol. The van der Waals surface area contributed by atoms with Crippen molar-refractivity contribution in [3.8, 4) is 0 Å². The van der Waals surface area contributed by atoms with Gasteiger partial charge >= 0.3 is 0 Å². The lowest BCUT2D eigenvalue weighted by Gasteiger charge is -2.38. The maximum Gasteiger partial charge on any atom is 0.225 e. The number of amides is 1. The van der Waals surface area contributed by atoms with Crippen LogP contribution in [-0.2, 0) is 4.79 Å². The van der Waals surface area contributed by atoms with Crippen molar-refractivity contribution in [2.45, 2.75) is 19.9 Å². The van der Waals surface area contributed by atoms with E-state index in [-0.39, 0.29) is 11.9 Å². The maximum atomic E-state index is 12.0. The van der Waals surface area contributed by atoms with Crippen molar-refractivity contribution in [3.63, 3.8) is 0 Å². The fourth-order valence-corrected chi connectivity index (χ4v) is 3.58. The summed E-state index contributed by atoms with van der Waals surface area (Å²) in [6.07, 6.45) is 1.72. The van der Waals surface area contributed by atoms with Crippen LogP contribution in [0.15, 0.2) is 79.5 Å². The van der Waals surface area contributed by atoms with Crippen LogP contribution < -0.4 is 11.1 Å². The molecule has 0 saturated carbocycles. The molecule has 0 aliphatic heterocycles. The number of nitrogens with two attached hydrogens (primary N) is 1. The van der Waals surface area contributed by atoms with Gasteiger partial charge in [-0.1, -0.05) is 49.0 Å². The minimum absolute atomic E-state index is 0.197. The third-order valence-corrected chi connectivity index (χ3v) is 5.28. The third-order valence-electron chi connectivity index (χ3n) is 5.28. The predicted molar refractivity (Wildman–Crippen MR) is 117 cm³/mol. The highest BCUT2D eigenvalue weighted by Gasteiger charge is 2.38. The van der Waals surface area contributed by atoms with Gasteiger partial charge in [-0.2, -0.15) is 0 Å². The maximum absolute atomic E-state index is 12.0. The van der Waals surface area contributed by atoms with E-state index in [1.54, 1.807) is 6.20 Å². The fourth-order valence-electron chi connectivity index (χ4n) is 3.58. The Morgan fingerprint density at radius 1 is 1.04 bits per heavy atom. The van der Waals surface area contributed by atoms with Crippen molar-refractivity contribution < 1.29 is 4.79 Å². The summed E-state index contributed by atoms with van der Waals surface area (Å²) in [6.45, 7) is 7.56. The third kappa shape index (κ3) is 3.86. The molecular weight excluding hydrogens is 346 g/mol. The number of rotatable bonds is 7. The minimum atomic E-state index is -0.740. The second-order valence-electron chi connectivity index (χ2n) is 7.65. The van der Waals surface area contributed by atoms with E-state index in [4.69, 9.17) is 5.73 Å². The summed E-state index contributed by atoms with van der Waals surface area (Å²) >= 11 is 0. The van der Waals surface area contributed by atoms with E-state index in [9.17, 15) is 4.79 Å². The molecule has 0 aliphatic carbocycles. The van der Waals surface area contributed by atoms with Crippen molar-refractivity contribution in [1.82, 2.24) is 4.90 Å². The Hall–Kier alpha value is -3.27. The number of fused-ring (bicyclic) bond motifs is 1. The quantitative estimate of drug-likeness (QED) is 0.597. The molecule has 144 valence electrons. The predicted octanol–water partition coefficient (Wildman–Crippen LogP) is 5.21. The van der Waals surface area contributed by atoms with Gasteiger partial charge in [-0.15, -0.1) is 0 Å². The van der Waals surface area contributed by atoms with Crippen molar-refractivity contribution in [2.75, 3.05) is 12.4 Å². The molecule has 1 amide bonds. The van der Waals surface area contributed by atoms with Gasteiger partial charge in [0.15, 0.2) is 0 Å². The van der Waals surface area contributed by atoms with E-state index in [1.165, 1.54) is 10.8 Å². The number of anilines is 2. The zero-order valence-corrected chi connectivity index (χ0v) is 16.6. The molecule has 3 aromatic carbocycles. The van der Waals surface area contributed by atoms with E-state index in [2.05, 4.69) is 42.2 Å². The summed E-state index contributed by atoms with van der Waals surface area (Å²) < 4.78 is 0. The number of benzene rings is 3. The van der Waals surface area contributed by atoms with Gasteiger partial charge in [-0.3, -0.25) is 4.79 Å². The summed E-state index contributed by atoms with van der Waals surface area (Å²) in [5.74, 6) is -0.343. The van der Waals surface area contributed by atoms with E-state index in [0.717, 1.165) is 16.9 Å². The molecule has 3 aromatic rings. The lowest BCUT2D eigenvalue weighted by molar-refractivity contribution is -0.129. The Balaban J connectivity index is 1.86. The van der Waals surface area contributed by atoms with Gasteiger partial charge in [-0.25, -0.2) is 0 Å². The molecule has 0 aromatic heterocycles. The number of carbonyl (C=O) groups excluding carboxylic acids is 1. The molecule has 3 N–H and O–H groups in total. The lowest BCUT2D eigenvalue weighted by atomic mass is 9.79.